The molecule has 0 saturated carbocycles. The van der Waals surface area contributed by atoms with Crippen LogP contribution in [0, 0.1) is 0 Å². The number of benzene rings is 1. The lowest BCUT2D eigenvalue weighted by Crippen LogP contribution is -2.48. The molecule has 0 bridgehead atoms. The van der Waals surface area contributed by atoms with E-state index in [9.17, 15) is 5.11 Å². The van der Waals surface area contributed by atoms with E-state index in [4.69, 9.17) is 4.74 Å². The van der Waals surface area contributed by atoms with Crippen molar-refractivity contribution in [3.8, 4) is 5.75 Å². The van der Waals surface area contributed by atoms with Gasteiger partial charge < -0.3 is 9.84 Å². The van der Waals surface area contributed by atoms with Crippen LogP contribution in [0.25, 0.3) is 0 Å². The SMILES string of the molecule is CC(C)N1CCC(CC(C)N2CCC[C@H]2CO)(Oc2ccccc2)C1. The fourth-order valence-electron chi connectivity index (χ4n) is 4.64. The number of hydrogen-bond acceptors (Lipinski definition) is 4. The highest BCUT2D eigenvalue weighted by atomic mass is 16.5. The summed E-state index contributed by atoms with van der Waals surface area (Å²) in [7, 11) is 0. The number of aliphatic hydroxyl groups excluding tert-OH is 1. The van der Waals surface area contributed by atoms with Gasteiger partial charge in [-0.1, -0.05) is 18.2 Å². The van der Waals surface area contributed by atoms with Crippen LogP contribution in [0.2, 0.25) is 0 Å². The van der Waals surface area contributed by atoms with E-state index in [2.05, 4.69) is 42.7 Å². The molecule has 1 aromatic rings. The Morgan fingerprint density at radius 3 is 2.60 bits per heavy atom. The maximum atomic E-state index is 9.68. The highest BCUT2D eigenvalue weighted by Gasteiger charge is 2.44. The number of likely N-dealkylation sites (tertiary alicyclic amines) is 2. The Labute approximate surface area is 152 Å². The Morgan fingerprint density at radius 1 is 1.20 bits per heavy atom. The van der Waals surface area contributed by atoms with Crippen molar-refractivity contribution in [2.75, 3.05) is 26.2 Å². The molecule has 2 fully saturated rings. The maximum absolute atomic E-state index is 9.68. The van der Waals surface area contributed by atoms with Crippen LogP contribution in [-0.2, 0) is 0 Å². The molecule has 3 atom stereocenters. The van der Waals surface area contributed by atoms with Gasteiger partial charge in [-0.2, -0.15) is 0 Å². The van der Waals surface area contributed by atoms with Crippen molar-refractivity contribution in [3.63, 3.8) is 0 Å². The second-order valence-electron chi connectivity index (χ2n) is 8.18. The van der Waals surface area contributed by atoms with Crippen LogP contribution in [0.5, 0.6) is 5.75 Å². The standard InChI is InChI=1S/C21H34N2O2/c1-17(2)22-13-11-21(16-22,25-20-9-5-4-6-10-20)14-18(3)23-12-7-8-19(23)15-24/h4-6,9-10,17-19,24H,7-8,11-16H2,1-3H3/t18?,19-,21?/m0/s1. The summed E-state index contributed by atoms with van der Waals surface area (Å²) in [6, 6.07) is 11.6. The molecule has 2 heterocycles. The number of aliphatic hydroxyl groups is 1. The topological polar surface area (TPSA) is 35.9 Å². The number of nitrogens with zero attached hydrogens (tertiary/aromatic N) is 2. The van der Waals surface area contributed by atoms with Crippen molar-refractivity contribution in [2.24, 2.45) is 0 Å². The van der Waals surface area contributed by atoms with Gasteiger partial charge in [-0.25, -0.2) is 0 Å². The lowest BCUT2D eigenvalue weighted by Gasteiger charge is -2.38. The zero-order valence-electron chi connectivity index (χ0n) is 16.0. The molecule has 1 aromatic carbocycles. The first-order valence-corrected chi connectivity index (χ1v) is 9.88. The summed E-state index contributed by atoms with van der Waals surface area (Å²) >= 11 is 0. The molecule has 25 heavy (non-hydrogen) atoms. The highest BCUT2D eigenvalue weighted by molar-refractivity contribution is 5.22. The number of hydrogen-bond donors (Lipinski definition) is 1. The smallest absolute Gasteiger partial charge is 0.124 e. The van der Waals surface area contributed by atoms with Gasteiger partial charge in [0.05, 0.1) is 6.61 Å². The summed E-state index contributed by atoms with van der Waals surface area (Å²) in [5.41, 5.74) is -0.131. The number of ether oxygens (including phenoxy) is 1. The van der Waals surface area contributed by atoms with Gasteiger partial charge in [0.25, 0.3) is 0 Å². The molecule has 2 aliphatic rings. The average Bonchev–Trinajstić information content (AvgIpc) is 3.23. The number of para-hydroxylation sites is 1. The minimum atomic E-state index is -0.131. The summed E-state index contributed by atoms with van der Waals surface area (Å²) in [5, 5.41) is 9.68. The monoisotopic (exact) mass is 346 g/mol. The van der Waals surface area contributed by atoms with Gasteiger partial charge in [0.1, 0.15) is 11.4 Å². The third-order valence-corrected chi connectivity index (χ3v) is 6.02. The van der Waals surface area contributed by atoms with E-state index in [1.165, 1.54) is 6.42 Å². The van der Waals surface area contributed by atoms with Crippen LogP contribution in [0.15, 0.2) is 30.3 Å². The molecular formula is C21H34N2O2. The Morgan fingerprint density at radius 2 is 1.96 bits per heavy atom. The summed E-state index contributed by atoms with van der Waals surface area (Å²) in [6.45, 7) is 10.3. The molecule has 0 radical (unpaired) electrons. The van der Waals surface area contributed by atoms with Crippen molar-refractivity contribution in [3.05, 3.63) is 30.3 Å². The fraction of sp³-hybridized carbons (Fsp3) is 0.714. The van der Waals surface area contributed by atoms with Crippen molar-refractivity contribution in [1.29, 1.82) is 0 Å². The van der Waals surface area contributed by atoms with Gasteiger partial charge in [-0.05, 0) is 52.3 Å². The van der Waals surface area contributed by atoms with Gasteiger partial charge in [0.2, 0.25) is 0 Å². The Kier molecular flexibility index (Phi) is 6.03. The summed E-state index contributed by atoms with van der Waals surface area (Å²) < 4.78 is 6.61. The second kappa shape index (κ2) is 8.07. The molecule has 140 valence electrons. The van der Waals surface area contributed by atoms with Crippen LogP contribution in [0.3, 0.4) is 0 Å². The normalized spacial score (nSPS) is 29.4. The molecule has 0 amide bonds. The van der Waals surface area contributed by atoms with Crippen LogP contribution in [-0.4, -0.2) is 64.9 Å². The van der Waals surface area contributed by atoms with Crippen LogP contribution < -0.4 is 4.74 Å². The lowest BCUT2D eigenvalue weighted by molar-refractivity contribution is 0.0241. The van der Waals surface area contributed by atoms with Gasteiger partial charge in [-0.15, -0.1) is 0 Å². The van der Waals surface area contributed by atoms with Crippen LogP contribution >= 0.6 is 0 Å². The van der Waals surface area contributed by atoms with E-state index in [0.717, 1.165) is 44.6 Å². The molecule has 1 N–H and O–H groups in total. The molecule has 2 aliphatic heterocycles. The Balaban J connectivity index is 1.75. The molecule has 3 rings (SSSR count). The predicted molar refractivity (Wildman–Crippen MR) is 102 cm³/mol. The van der Waals surface area contributed by atoms with Gasteiger partial charge in [-0.3, -0.25) is 9.80 Å². The summed E-state index contributed by atoms with van der Waals surface area (Å²) in [4.78, 5) is 5.03. The quantitative estimate of drug-likeness (QED) is 0.823. The molecule has 0 spiro atoms. The number of rotatable bonds is 7. The average molecular weight is 347 g/mol. The molecule has 0 aliphatic carbocycles. The maximum Gasteiger partial charge on any atom is 0.124 e. The third-order valence-electron chi connectivity index (χ3n) is 6.02. The minimum absolute atomic E-state index is 0.131. The first-order valence-electron chi connectivity index (χ1n) is 9.88. The molecule has 2 unspecified atom stereocenters. The third kappa shape index (κ3) is 4.36. The van der Waals surface area contributed by atoms with E-state index >= 15 is 0 Å². The zero-order valence-corrected chi connectivity index (χ0v) is 16.0. The highest BCUT2D eigenvalue weighted by Crippen LogP contribution is 2.35. The molecule has 0 aromatic heterocycles. The van der Waals surface area contributed by atoms with Crippen LogP contribution in [0.4, 0.5) is 0 Å². The first kappa shape index (κ1) is 18.7. The summed E-state index contributed by atoms with van der Waals surface area (Å²) in [5.74, 6) is 0.973. The minimum Gasteiger partial charge on any atom is -0.486 e. The first-order chi connectivity index (χ1) is 12.0. The Hall–Kier alpha value is -1.10. The molecule has 2 saturated heterocycles. The lowest BCUT2D eigenvalue weighted by atomic mass is 9.92. The van der Waals surface area contributed by atoms with Gasteiger partial charge in [0.15, 0.2) is 0 Å². The van der Waals surface area contributed by atoms with Gasteiger partial charge >= 0.3 is 0 Å². The van der Waals surface area contributed by atoms with Crippen LogP contribution in [0.1, 0.15) is 46.5 Å². The fourth-order valence-corrected chi connectivity index (χ4v) is 4.64. The van der Waals surface area contributed by atoms with E-state index in [0.29, 0.717) is 18.1 Å². The second-order valence-corrected chi connectivity index (χ2v) is 8.18. The summed E-state index contributed by atoms with van der Waals surface area (Å²) in [6.07, 6.45) is 4.40. The van der Waals surface area contributed by atoms with Crippen molar-refractivity contribution in [1.82, 2.24) is 9.80 Å². The van der Waals surface area contributed by atoms with E-state index in [1.54, 1.807) is 0 Å². The van der Waals surface area contributed by atoms with E-state index in [-0.39, 0.29) is 12.2 Å². The molecule has 4 nitrogen and oxygen atoms in total. The molecular weight excluding hydrogens is 312 g/mol. The van der Waals surface area contributed by atoms with E-state index < -0.39 is 0 Å². The van der Waals surface area contributed by atoms with E-state index in [1.807, 2.05) is 18.2 Å². The zero-order chi connectivity index (χ0) is 17.9. The van der Waals surface area contributed by atoms with Crippen molar-refractivity contribution in [2.45, 2.75) is 70.2 Å². The van der Waals surface area contributed by atoms with Crippen molar-refractivity contribution >= 4 is 0 Å². The Bertz CT molecular complexity index is 536. The van der Waals surface area contributed by atoms with Crippen molar-refractivity contribution < 1.29 is 9.84 Å². The largest absolute Gasteiger partial charge is 0.486 e. The van der Waals surface area contributed by atoms with Gasteiger partial charge in [0, 0.05) is 44.1 Å². The molecule has 4 heteroatoms. The predicted octanol–water partition coefficient (Wildman–Crippen LogP) is 3.15.